The first-order valence-corrected chi connectivity index (χ1v) is 12.7. The molecule has 5 nitrogen and oxygen atoms in total. The maximum Gasteiger partial charge on any atom is 0.274 e. The molecule has 2 saturated heterocycles. The second-order valence-electron chi connectivity index (χ2n) is 9.45. The lowest BCUT2D eigenvalue weighted by molar-refractivity contribution is -0.0674. The molecule has 4 aromatic rings. The molecule has 2 aromatic carbocycles. The Kier molecular flexibility index (Phi) is 5.33. The standard InChI is InChI=1S/C28H27N3O2S/c1-17-21-14-22(15-21)31(24(17)16-33-27-23-11-7-6-8-19(23)12-13-29-27)28(32)25-26(34-18(2)30-25)20-9-4-3-5-10-20/h3-13,17,21-22,24H,14-16H2,1-2H3. The first kappa shape index (κ1) is 21.3. The van der Waals surface area contributed by atoms with Gasteiger partial charge in [0, 0.05) is 17.6 Å². The van der Waals surface area contributed by atoms with Crippen molar-refractivity contribution in [1.29, 1.82) is 0 Å². The monoisotopic (exact) mass is 469 g/mol. The number of benzene rings is 2. The predicted molar refractivity (Wildman–Crippen MR) is 135 cm³/mol. The van der Waals surface area contributed by atoms with E-state index in [4.69, 9.17) is 9.72 Å². The van der Waals surface area contributed by atoms with Crippen molar-refractivity contribution in [3.8, 4) is 16.3 Å². The van der Waals surface area contributed by atoms with Gasteiger partial charge in [0.1, 0.15) is 12.3 Å². The van der Waals surface area contributed by atoms with Crippen molar-refractivity contribution in [3.05, 3.63) is 77.6 Å². The minimum Gasteiger partial charge on any atom is -0.475 e. The van der Waals surface area contributed by atoms with E-state index in [1.807, 2.05) is 49.4 Å². The summed E-state index contributed by atoms with van der Waals surface area (Å²) in [6.45, 7) is 4.67. The van der Waals surface area contributed by atoms with E-state index in [2.05, 4.69) is 35.0 Å². The quantitative estimate of drug-likeness (QED) is 0.361. The van der Waals surface area contributed by atoms with Gasteiger partial charge in [-0.1, -0.05) is 55.5 Å². The largest absolute Gasteiger partial charge is 0.475 e. The molecule has 1 aliphatic carbocycles. The average Bonchev–Trinajstić information content (AvgIpc) is 3.24. The molecule has 34 heavy (non-hydrogen) atoms. The van der Waals surface area contributed by atoms with E-state index >= 15 is 0 Å². The first-order chi connectivity index (χ1) is 16.6. The molecule has 2 atom stereocenters. The molecule has 2 unspecified atom stereocenters. The van der Waals surface area contributed by atoms with E-state index in [1.54, 1.807) is 17.5 Å². The Balaban J connectivity index is 1.31. The van der Waals surface area contributed by atoms with Crippen LogP contribution >= 0.6 is 11.3 Å². The topological polar surface area (TPSA) is 55.3 Å². The summed E-state index contributed by atoms with van der Waals surface area (Å²) in [6.07, 6.45) is 3.92. The fourth-order valence-electron chi connectivity index (χ4n) is 5.52. The minimum absolute atomic E-state index is 0.00334. The lowest BCUT2D eigenvalue weighted by Crippen LogP contribution is -2.64. The third kappa shape index (κ3) is 3.57. The summed E-state index contributed by atoms with van der Waals surface area (Å²) >= 11 is 1.59. The number of rotatable bonds is 5. The number of nitrogens with zero attached hydrogens (tertiary/aromatic N) is 3. The van der Waals surface area contributed by atoms with Crippen LogP contribution in [0.25, 0.3) is 21.2 Å². The summed E-state index contributed by atoms with van der Waals surface area (Å²) in [5.41, 5.74) is 1.61. The molecule has 1 saturated carbocycles. The van der Waals surface area contributed by atoms with Crippen LogP contribution in [0.2, 0.25) is 0 Å². The number of thiazole rings is 1. The van der Waals surface area contributed by atoms with Crippen LogP contribution in [0.5, 0.6) is 5.88 Å². The van der Waals surface area contributed by atoms with Crippen molar-refractivity contribution in [2.24, 2.45) is 11.8 Å². The molecule has 2 aromatic heterocycles. The van der Waals surface area contributed by atoms with Gasteiger partial charge in [0.15, 0.2) is 0 Å². The highest BCUT2D eigenvalue weighted by atomic mass is 32.1. The Morgan fingerprint density at radius 3 is 2.68 bits per heavy atom. The lowest BCUT2D eigenvalue weighted by Gasteiger charge is -2.56. The van der Waals surface area contributed by atoms with Crippen molar-refractivity contribution in [3.63, 3.8) is 0 Å². The van der Waals surface area contributed by atoms with Gasteiger partial charge in [-0.25, -0.2) is 9.97 Å². The normalized spacial score (nSPS) is 23.5. The second kappa shape index (κ2) is 8.51. The molecule has 0 N–H and O–H groups in total. The molecule has 3 fully saturated rings. The molecule has 7 rings (SSSR count). The zero-order valence-electron chi connectivity index (χ0n) is 19.3. The summed E-state index contributed by atoms with van der Waals surface area (Å²) in [4.78, 5) is 26.3. The molecule has 0 spiro atoms. The van der Waals surface area contributed by atoms with E-state index in [0.717, 1.165) is 39.1 Å². The van der Waals surface area contributed by atoms with Crippen LogP contribution in [0, 0.1) is 18.8 Å². The summed E-state index contributed by atoms with van der Waals surface area (Å²) in [6, 6.07) is 20.5. The number of fused-ring (bicyclic) bond motifs is 3. The number of piperidine rings is 2. The summed E-state index contributed by atoms with van der Waals surface area (Å²) < 4.78 is 6.31. The number of amides is 1. The van der Waals surface area contributed by atoms with E-state index in [1.165, 1.54) is 0 Å². The van der Waals surface area contributed by atoms with Gasteiger partial charge in [-0.15, -0.1) is 11.3 Å². The predicted octanol–water partition coefficient (Wildman–Crippen LogP) is 5.98. The number of pyridine rings is 1. The Hall–Kier alpha value is -3.25. The van der Waals surface area contributed by atoms with Crippen LogP contribution in [-0.2, 0) is 0 Å². The molecule has 3 aliphatic rings. The Morgan fingerprint density at radius 2 is 1.85 bits per heavy atom. The average molecular weight is 470 g/mol. The van der Waals surface area contributed by atoms with Gasteiger partial charge in [-0.05, 0) is 54.7 Å². The minimum atomic E-state index is -0.00334. The van der Waals surface area contributed by atoms with Crippen molar-refractivity contribution in [2.75, 3.05) is 6.61 Å². The van der Waals surface area contributed by atoms with Crippen molar-refractivity contribution >= 4 is 28.0 Å². The lowest BCUT2D eigenvalue weighted by atomic mass is 9.64. The molecule has 2 bridgehead atoms. The third-order valence-electron chi connectivity index (χ3n) is 7.49. The highest BCUT2D eigenvalue weighted by molar-refractivity contribution is 7.15. The van der Waals surface area contributed by atoms with E-state index < -0.39 is 0 Å². The Bertz CT molecular complexity index is 1340. The van der Waals surface area contributed by atoms with Crippen molar-refractivity contribution < 1.29 is 9.53 Å². The van der Waals surface area contributed by atoms with Gasteiger partial charge < -0.3 is 9.64 Å². The first-order valence-electron chi connectivity index (χ1n) is 11.9. The Morgan fingerprint density at radius 1 is 1.09 bits per heavy atom. The van der Waals surface area contributed by atoms with Gasteiger partial charge >= 0.3 is 0 Å². The van der Waals surface area contributed by atoms with Gasteiger partial charge in [0.25, 0.3) is 5.91 Å². The summed E-state index contributed by atoms with van der Waals surface area (Å²) in [5, 5.41) is 3.01. The van der Waals surface area contributed by atoms with Gasteiger partial charge in [0.05, 0.1) is 15.9 Å². The fourth-order valence-corrected chi connectivity index (χ4v) is 6.44. The van der Waals surface area contributed by atoms with Crippen molar-refractivity contribution in [2.45, 2.75) is 38.8 Å². The highest BCUT2D eigenvalue weighted by Gasteiger charge is 2.51. The van der Waals surface area contributed by atoms with Crippen LogP contribution in [0.1, 0.15) is 35.3 Å². The number of ether oxygens (including phenoxy) is 1. The third-order valence-corrected chi connectivity index (χ3v) is 8.51. The van der Waals surface area contributed by atoms with E-state index in [0.29, 0.717) is 30.0 Å². The number of hydrogen-bond acceptors (Lipinski definition) is 5. The van der Waals surface area contributed by atoms with Crippen LogP contribution in [-0.4, -0.2) is 39.5 Å². The van der Waals surface area contributed by atoms with Crippen LogP contribution in [0.3, 0.4) is 0 Å². The maximum absolute atomic E-state index is 14.0. The number of aromatic nitrogens is 2. The number of aryl methyl sites for hydroxylation is 1. The molecule has 4 heterocycles. The van der Waals surface area contributed by atoms with Gasteiger partial charge in [0.2, 0.25) is 5.88 Å². The number of carbonyl (C=O) groups excluding carboxylic acids is 1. The molecular formula is C28H27N3O2S. The zero-order valence-corrected chi connectivity index (χ0v) is 20.2. The van der Waals surface area contributed by atoms with Gasteiger partial charge in [-0.2, -0.15) is 0 Å². The molecule has 2 aliphatic heterocycles. The summed E-state index contributed by atoms with van der Waals surface area (Å²) in [7, 11) is 0. The van der Waals surface area contributed by atoms with E-state index in [9.17, 15) is 4.79 Å². The Labute approximate surface area is 203 Å². The molecular weight excluding hydrogens is 442 g/mol. The molecule has 1 amide bonds. The second-order valence-corrected chi connectivity index (χ2v) is 10.7. The van der Waals surface area contributed by atoms with Crippen LogP contribution < -0.4 is 4.74 Å². The smallest absolute Gasteiger partial charge is 0.274 e. The van der Waals surface area contributed by atoms with Crippen LogP contribution in [0.15, 0.2) is 66.9 Å². The fraction of sp³-hybridized carbons (Fsp3) is 0.321. The SMILES string of the molecule is Cc1nc(C(=O)N2C3CC(C3)C(C)C2COc2nccc3ccccc23)c(-c2ccccc2)s1. The highest BCUT2D eigenvalue weighted by Crippen LogP contribution is 2.47. The molecule has 6 heteroatoms. The number of carbonyl (C=O) groups is 1. The molecule has 172 valence electrons. The zero-order chi connectivity index (χ0) is 23.2. The van der Waals surface area contributed by atoms with Crippen LogP contribution in [0.4, 0.5) is 0 Å². The molecule has 0 radical (unpaired) electrons. The summed E-state index contributed by atoms with van der Waals surface area (Å²) in [5.74, 6) is 1.67. The number of hydrogen-bond donors (Lipinski definition) is 0. The van der Waals surface area contributed by atoms with E-state index in [-0.39, 0.29) is 18.0 Å². The van der Waals surface area contributed by atoms with Crippen molar-refractivity contribution in [1.82, 2.24) is 14.9 Å². The van der Waals surface area contributed by atoms with Gasteiger partial charge in [-0.3, -0.25) is 4.79 Å². The maximum atomic E-state index is 14.0.